The van der Waals surface area contributed by atoms with Crippen molar-refractivity contribution in [1.82, 2.24) is 4.90 Å². The second-order valence-electron chi connectivity index (χ2n) is 4.51. The summed E-state index contributed by atoms with van der Waals surface area (Å²) in [4.78, 5) is 14.4. The highest BCUT2D eigenvalue weighted by atomic mass is 79.9. The van der Waals surface area contributed by atoms with Gasteiger partial charge in [-0.2, -0.15) is 0 Å². The summed E-state index contributed by atoms with van der Waals surface area (Å²) in [5.41, 5.74) is 0.780. The van der Waals surface area contributed by atoms with Crippen molar-refractivity contribution in [2.45, 2.75) is 6.42 Å². The topological polar surface area (TPSA) is 29.5 Å². The van der Waals surface area contributed by atoms with E-state index in [9.17, 15) is 4.79 Å². The number of Topliss-reactive ketones (excluding diaryl/α,β-unsaturated/α-hetero) is 1. The van der Waals surface area contributed by atoms with Gasteiger partial charge in [-0.15, -0.1) is 11.3 Å². The summed E-state index contributed by atoms with van der Waals surface area (Å²) in [6.07, 6.45) is 1.12. The molecule has 1 fully saturated rings. The van der Waals surface area contributed by atoms with E-state index >= 15 is 0 Å². The van der Waals surface area contributed by atoms with Crippen LogP contribution in [0.2, 0.25) is 0 Å². The second-order valence-corrected chi connectivity index (χ2v) is 8.26. The molecule has 0 spiro atoms. The molecule has 2 rings (SSSR count). The van der Waals surface area contributed by atoms with E-state index in [1.54, 1.807) is 7.11 Å². The number of ether oxygens (including phenoxy) is 1. The zero-order valence-corrected chi connectivity index (χ0v) is 14.1. The molecular formula is C12H15Br2NO2S. The normalized spacial score (nSPS) is 20.5. The van der Waals surface area contributed by atoms with Crippen molar-refractivity contribution in [3.8, 4) is 0 Å². The molecule has 0 aliphatic carbocycles. The van der Waals surface area contributed by atoms with Crippen LogP contribution in [-0.2, 0) is 4.74 Å². The van der Waals surface area contributed by atoms with Gasteiger partial charge >= 0.3 is 0 Å². The number of halogens is 2. The molecule has 1 saturated heterocycles. The van der Waals surface area contributed by atoms with E-state index in [-0.39, 0.29) is 5.78 Å². The monoisotopic (exact) mass is 395 g/mol. The van der Waals surface area contributed by atoms with Crippen LogP contribution in [0.25, 0.3) is 0 Å². The average molecular weight is 397 g/mol. The van der Waals surface area contributed by atoms with Gasteiger partial charge in [-0.05, 0) is 56.8 Å². The SMILES string of the molecule is COCC1CCN(CC(=O)c2cc(Br)sc2Br)C1. The smallest absolute Gasteiger partial charge is 0.178 e. The molecule has 1 aliphatic rings. The zero-order chi connectivity index (χ0) is 13.1. The Bertz CT molecular complexity index is 436. The molecule has 1 aromatic heterocycles. The lowest BCUT2D eigenvalue weighted by atomic mass is 10.1. The summed E-state index contributed by atoms with van der Waals surface area (Å²) in [7, 11) is 1.73. The number of hydrogen-bond donors (Lipinski definition) is 0. The quantitative estimate of drug-likeness (QED) is 0.714. The maximum atomic E-state index is 12.2. The molecule has 18 heavy (non-hydrogen) atoms. The van der Waals surface area contributed by atoms with Crippen molar-refractivity contribution < 1.29 is 9.53 Å². The lowest BCUT2D eigenvalue weighted by Crippen LogP contribution is -2.28. The molecule has 1 aliphatic heterocycles. The van der Waals surface area contributed by atoms with Crippen LogP contribution in [0.3, 0.4) is 0 Å². The van der Waals surface area contributed by atoms with Crippen molar-refractivity contribution >= 4 is 49.0 Å². The summed E-state index contributed by atoms with van der Waals surface area (Å²) in [5.74, 6) is 0.752. The van der Waals surface area contributed by atoms with Crippen LogP contribution >= 0.6 is 43.2 Å². The fraction of sp³-hybridized carbons (Fsp3) is 0.583. The molecule has 2 heterocycles. The second kappa shape index (κ2) is 6.61. The molecule has 0 radical (unpaired) electrons. The minimum absolute atomic E-state index is 0.182. The van der Waals surface area contributed by atoms with Crippen molar-refractivity contribution in [3.05, 3.63) is 19.2 Å². The van der Waals surface area contributed by atoms with Gasteiger partial charge in [-0.25, -0.2) is 0 Å². The van der Waals surface area contributed by atoms with E-state index in [4.69, 9.17) is 4.74 Å². The highest BCUT2D eigenvalue weighted by molar-refractivity contribution is 9.12. The van der Waals surface area contributed by atoms with Crippen LogP contribution in [0, 0.1) is 5.92 Å². The van der Waals surface area contributed by atoms with Gasteiger partial charge in [-0.1, -0.05) is 0 Å². The summed E-state index contributed by atoms with van der Waals surface area (Å²) in [6.45, 7) is 3.24. The Morgan fingerprint density at radius 2 is 2.39 bits per heavy atom. The molecule has 6 heteroatoms. The Hall–Kier alpha value is 0.250. The molecule has 0 saturated carbocycles. The van der Waals surface area contributed by atoms with Gasteiger partial charge in [0.15, 0.2) is 5.78 Å². The lowest BCUT2D eigenvalue weighted by Gasteiger charge is -2.14. The van der Waals surface area contributed by atoms with Crippen molar-refractivity contribution in [2.75, 3.05) is 33.4 Å². The fourth-order valence-electron chi connectivity index (χ4n) is 2.25. The Balaban J connectivity index is 1.91. The zero-order valence-electron chi connectivity index (χ0n) is 10.1. The third kappa shape index (κ3) is 3.63. The molecule has 1 aromatic rings. The number of ketones is 1. The third-order valence-corrected chi connectivity index (χ3v) is 5.44. The van der Waals surface area contributed by atoms with Gasteiger partial charge < -0.3 is 4.74 Å². The van der Waals surface area contributed by atoms with Crippen LogP contribution in [0.15, 0.2) is 13.6 Å². The number of likely N-dealkylation sites (tertiary alicyclic amines) is 1. The maximum absolute atomic E-state index is 12.2. The molecule has 0 bridgehead atoms. The van der Waals surface area contributed by atoms with Crippen LogP contribution in [0.5, 0.6) is 0 Å². The molecule has 0 N–H and O–H groups in total. The number of rotatable bonds is 5. The maximum Gasteiger partial charge on any atom is 0.178 e. The number of hydrogen-bond acceptors (Lipinski definition) is 4. The minimum atomic E-state index is 0.182. The van der Waals surface area contributed by atoms with Gasteiger partial charge in [0.2, 0.25) is 0 Å². The van der Waals surface area contributed by atoms with E-state index in [1.807, 2.05) is 6.07 Å². The first-order valence-electron chi connectivity index (χ1n) is 5.79. The standard InChI is InChI=1S/C12H15Br2NO2S/c1-17-7-8-2-3-15(5-8)6-10(16)9-4-11(13)18-12(9)14/h4,8H,2-3,5-7H2,1H3. The molecule has 1 atom stereocenters. The number of nitrogens with zero attached hydrogens (tertiary/aromatic N) is 1. The van der Waals surface area contributed by atoms with Gasteiger partial charge in [0.1, 0.15) is 0 Å². The largest absolute Gasteiger partial charge is 0.384 e. The van der Waals surface area contributed by atoms with E-state index in [0.717, 1.165) is 39.3 Å². The van der Waals surface area contributed by atoms with Gasteiger partial charge in [-0.3, -0.25) is 9.69 Å². The first kappa shape index (κ1) is 14.7. The number of thiophene rings is 1. The van der Waals surface area contributed by atoms with Crippen molar-refractivity contribution in [3.63, 3.8) is 0 Å². The predicted molar refractivity (Wildman–Crippen MR) is 80.5 cm³/mol. The predicted octanol–water partition coefficient (Wildman–Crippen LogP) is 3.42. The van der Waals surface area contributed by atoms with Gasteiger partial charge in [0.25, 0.3) is 0 Å². The molecule has 0 aromatic carbocycles. The molecule has 3 nitrogen and oxygen atoms in total. The van der Waals surface area contributed by atoms with Gasteiger partial charge in [0.05, 0.1) is 20.7 Å². The van der Waals surface area contributed by atoms with E-state index in [2.05, 4.69) is 36.8 Å². The fourth-order valence-corrected chi connectivity index (χ4v) is 5.10. The Morgan fingerprint density at radius 1 is 1.61 bits per heavy atom. The highest BCUT2D eigenvalue weighted by Gasteiger charge is 2.25. The van der Waals surface area contributed by atoms with E-state index in [0.29, 0.717) is 12.5 Å². The first-order chi connectivity index (χ1) is 8.60. The molecule has 1 unspecified atom stereocenters. The lowest BCUT2D eigenvalue weighted by molar-refractivity contribution is 0.0936. The molecule has 0 amide bonds. The minimum Gasteiger partial charge on any atom is -0.384 e. The number of methoxy groups -OCH3 is 1. The number of carbonyl (C=O) groups is 1. The highest BCUT2D eigenvalue weighted by Crippen LogP contribution is 2.32. The number of carbonyl (C=O) groups excluding carboxylic acids is 1. The molecule has 100 valence electrons. The summed E-state index contributed by atoms with van der Waals surface area (Å²) in [5, 5.41) is 0. The first-order valence-corrected chi connectivity index (χ1v) is 8.19. The summed E-state index contributed by atoms with van der Waals surface area (Å²) in [6, 6.07) is 1.89. The average Bonchev–Trinajstić information content (AvgIpc) is 2.86. The molecular weight excluding hydrogens is 382 g/mol. The Morgan fingerprint density at radius 3 is 3.00 bits per heavy atom. The third-order valence-electron chi connectivity index (χ3n) is 3.10. The van der Waals surface area contributed by atoms with E-state index in [1.165, 1.54) is 11.3 Å². The van der Waals surface area contributed by atoms with Crippen LogP contribution in [-0.4, -0.2) is 44.0 Å². The van der Waals surface area contributed by atoms with E-state index < -0.39 is 0 Å². The van der Waals surface area contributed by atoms with Crippen molar-refractivity contribution in [2.24, 2.45) is 5.92 Å². The van der Waals surface area contributed by atoms with Crippen LogP contribution in [0.1, 0.15) is 16.8 Å². The van der Waals surface area contributed by atoms with Crippen molar-refractivity contribution in [1.29, 1.82) is 0 Å². The van der Waals surface area contributed by atoms with Crippen LogP contribution in [0.4, 0.5) is 0 Å². The summed E-state index contributed by atoms with van der Waals surface area (Å²) < 4.78 is 7.05. The van der Waals surface area contributed by atoms with Gasteiger partial charge in [0, 0.05) is 19.2 Å². The Kier molecular flexibility index (Phi) is 5.38. The van der Waals surface area contributed by atoms with Crippen LogP contribution < -0.4 is 0 Å². The summed E-state index contributed by atoms with van der Waals surface area (Å²) >= 11 is 8.37. The Labute approximate surface area is 128 Å².